The lowest BCUT2D eigenvalue weighted by Crippen LogP contribution is -2.31. The van der Waals surface area contributed by atoms with Gasteiger partial charge >= 0.3 is 0 Å². The number of aromatic nitrogens is 1. The first-order valence-electron chi connectivity index (χ1n) is 10.5. The second kappa shape index (κ2) is 8.84. The highest BCUT2D eigenvalue weighted by molar-refractivity contribution is 8.26. The molecule has 2 aromatic rings. The zero-order valence-corrected chi connectivity index (χ0v) is 18.7. The highest BCUT2D eigenvalue weighted by Crippen LogP contribution is 2.35. The predicted octanol–water partition coefficient (Wildman–Crippen LogP) is 5.53. The highest BCUT2D eigenvalue weighted by atomic mass is 32.2. The van der Waals surface area contributed by atoms with Crippen molar-refractivity contribution in [1.82, 2.24) is 9.88 Å². The summed E-state index contributed by atoms with van der Waals surface area (Å²) in [5.41, 5.74) is 3.23. The molecule has 4 nitrogen and oxygen atoms in total. The molecule has 0 N–H and O–H groups in total. The molecule has 0 spiro atoms. The lowest BCUT2D eigenvalue weighted by Gasteiger charge is -2.29. The molecule has 0 atom stereocenters. The van der Waals surface area contributed by atoms with Gasteiger partial charge in [0.05, 0.1) is 10.4 Å². The quantitative estimate of drug-likeness (QED) is 0.465. The number of fused-ring (bicyclic) bond motifs is 1. The first kappa shape index (κ1) is 20.4. The fourth-order valence-corrected chi connectivity index (χ4v) is 5.22. The van der Waals surface area contributed by atoms with E-state index in [2.05, 4.69) is 43.0 Å². The number of aryl methyl sites for hydroxylation is 1. The van der Waals surface area contributed by atoms with E-state index in [9.17, 15) is 4.79 Å². The topological polar surface area (TPSA) is 36.4 Å². The lowest BCUT2D eigenvalue weighted by atomic mass is 10.1. The van der Waals surface area contributed by atoms with Crippen molar-refractivity contribution in [3.05, 3.63) is 40.3 Å². The number of hydrogen-bond donors (Lipinski definition) is 0. The Morgan fingerprint density at radius 2 is 2.00 bits per heavy atom. The average Bonchev–Trinajstić information content (AvgIpc) is 2.99. The van der Waals surface area contributed by atoms with Gasteiger partial charge in [-0.05, 0) is 56.9 Å². The molecule has 0 unspecified atom stereocenters. The Balaban J connectivity index is 1.76. The molecule has 0 bridgehead atoms. The third-order valence-corrected chi connectivity index (χ3v) is 6.91. The molecular formula is C23H27N3OS2. The van der Waals surface area contributed by atoms with Crippen molar-refractivity contribution < 1.29 is 4.79 Å². The van der Waals surface area contributed by atoms with Crippen molar-refractivity contribution in [3.63, 3.8) is 0 Å². The van der Waals surface area contributed by atoms with Gasteiger partial charge in [-0.15, -0.1) is 0 Å². The molecule has 2 fully saturated rings. The van der Waals surface area contributed by atoms with Crippen molar-refractivity contribution in [3.8, 4) is 0 Å². The molecule has 1 aromatic heterocycles. The number of amides is 1. The van der Waals surface area contributed by atoms with Crippen LogP contribution in [0.5, 0.6) is 0 Å². The van der Waals surface area contributed by atoms with E-state index in [0.717, 1.165) is 48.2 Å². The van der Waals surface area contributed by atoms with Crippen LogP contribution in [0.3, 0.4) is 0 Å². The maximum Gasteiger partial charge on any atom is 0.266 e. The van der Waals surface area contributed by atoms with Crippen LogP contribution in [-0.2, 0) is 4.79 Å². The smallest absolute Gasteiger partial charge is 0.266 e. The first-order valence-corrected chi connectivity index (χ1v) is 11.7. The molecule has 4 rings (SSSR count). The number of thioether (sulfide) groups is 1. The molecule has 2 aliphatic heterocycles. The zero-order valence-electron chi connectivity index (χ0n) is 17.1. The van der Waals surface area contributed by atoms with Crippen molar-refractivity contribution in [2.75, 3.05) is 24.5 Å². The maximum absolute atomic E-state index is 12.9. The number of nitrogens with zero attached hydrogens (tertiary/aromatic N) is 3. The van der Waals surface area contributed by atoms with Crippen LogP contribution < -0.4 is 4.90 Å². The molecule has 2 aliphatic rings. The molecule has 6 heteroatoms. The Bertz CT molecular complexity index is 979. The number of piperidine rings is 1. The van der Waals surface area contributed by atoms with Crippen LogP contribution in [0.25, 0.3) is 17.0 Å². The summed E-state index contributed by atoms with van der Waals surface area (Å²) in [4.78, 5) is 22.8. The van der Waals surface area contributed by atoms with Crippen LogP contribution >= 0.6 is 24.0 Å². The Hall–Kier alpha value is -1.92. The van der Waals surface area contributed by atoms with Gasteiger partial charge in [-0.2, -0.15) is 0 Å². The van der Waals surface area contributed by atoms with Crippen molar-refractivity contribution >= 4 is 57.0 Å². The summed E-state index contributed by atoms with van der Waals surface area (Å²) in [6.45, 7) is 6.95. The van der Waals surface area contributed by atoms with Crippen LogP contribution in [0.4, 0.5) is 5.82 Å². The van der Waals surface area contributed by atoms with Gasteiger partial charge in [0.25, 0.3) is 5.91 Å². The van der Waals surface area contributed by atoms with Gasteiger partial charge in [-0.1, -0.05) is 49.0 Å². The Kier molecular flexibility index (Phi) is 6.20. The summed E-state index contributed by atoms with van der Waals surface area (Å²) in [7, 11) is 0. The average molecular weight is 426 g/mol. The van der Waals surface area contributed by atoms with Crippen LogP contribution in [0, 0.1) is 6.92 Å². The number of carbonyl (C=O) groups is 1. The van der Waals surface area contributed by atoms with E-state index in [-0.39, 0.29) is 5.91 Å². The fraction of sp³-hybridized carbons (Fsp3) is 0.435. The molecule has 29 heavy (non-hydrogen) atoms. The van der Waals surface area contributed by atoms with E-state index >= 15 is 0 Å². The van der Waals surface area contributed by atoms with E-state index in [1.165, 1.54) is 36.6 Å². The number of carbonyl (C=O) groups excluding carboxylic acids is 1. The largest absolute Gasteiger partial charge is 0.356 e. The Morgan fingerprint density at radius 3 is 2.76 bits per heavy atom. The van der Waals surface area contributed by atoms with E-state index in [1.807, 2.05) is 6.08 Å². The predicted molar refractivity (Wildman–Crippen MR) is 127 cm³/mol. The molecule has 1 aromatic carbocycles. The molecule has 1 amide bonds. The summed E-state index contributed by atoms with van der Waals surface area (Å²) in [5, 5.41) is 1.11. The van der Waals surface area contributed by atoms with E-state index < -0.39 is 0 Å². The van der Waals surface area contributed by atoms with Crippen LogP contribution in [0.2, 0.25) is 0 Å². The van der Waals surface area contributed by atoms with Crippen molar-refractivity contribution in [2.45, 2.75) is 46.0 Å². The fourth-order valence-electron chi connectivity index (χ4n) is 3.92. The molecule has 0 radical (unpaired) electrons. The van der Waals surface area contributed by atoms with Gasteiger partial charge in [0.15, 0.2) is 0 Å². The minimum Gasteiger partial charge on any atom is -0.356 e. The third kappa shape index (κ3) is 4.33. The van der Waals surface area contributed by atoms with E-state index in [4.69, 9.17) is 17.2 Å². The van der Waals surface area contributed by atoms with Gasteiger partial charge in [0.2, 0.25) is 0 Å². The van der Waals surface area contributed by atoms with Crippen molar-refractivity contribution in [1.29, 1.82) is 0 Å². The zero-order chi connectivity index (χ0) is 20.4. The minimum absolute atomic E-state index is 0.0300. The van der Waals surface area contributed by atoms with Gasteiger partial charge < -0.3 is 4.90 Å². The van der Waals surface area contributed by atoms with Gasteiger partial charge in [-0.3, -0.25) is 9.69 Å². The number of rotatable bonds is 5. The van der Waals surface area contributed by atoms with Gasteiger partial charge in [0, 0.05) is 30.6 Å². The molecular weight excluding hydrogens is 398 g/mol. The molecule has 3 heterocycles. The number of anilines is 1. The summed E-state index contributed by atoms with van der Waals surface area (Å²) in [6, 6.07) is 8.53. The van der Waals surface area contributed by atoms with Crippen molar-refractivity contribution in [2.24, 2.45) is 0 Å². The van der Waals surface area contributed by atoms with E-state index in [1.54, 1.807) is 4.90 Å². The number of benzene rings is 1. The van der Waals surface area contributed by atoms with Crippen LogP contribution in [0.1, 0.15) is 50.2 Å². The third-order valence-electron chi connectivity index (χ3n) is 5.53. The molecule has 0 saturated carbocycles. The number of unbranched alkanes of at least 4 members (excludes halogenated alkanes) is 1. The summed E-state index contributed by atoms with van der Waals surface area (Å²) in [5.74, 6) is 1.02. The molecule has 0 aliphatic carbocycles. The minimum atomic E-state index is 0.0300. The highest BCUT2D eigenvalue weighted by Gasteiger charge is 2.32. The Labute approximate surface area is 182 Å². The Morgan fingerprint density at radius 1 is 1.21 bits per heavy atom. The van der Waals surface area contributed by atoms with Gasteiger partial charge in [-0.25, -0.2) is 4.98 Å². The summed E-state index contributed by atoms with van der Waals surface area (Å²) >= 11 is 6.89. The van der Waals surface area contributed by atoms with E-state index in [0.29, 0.717) is 15.8 Å². The normalized spacial score (nSPS) is 19.0. The molecule has 2 saturated heterocycles. The number of hydrogen-bond acceptors (Lipinski definition) is 5. The summed E-state index contributed by atoms with van der Waals surface area (Å²) < 4.78 is 0.666. The van der Waals surface area contributed by atoms with Crippen LogP contribution in [-0.4, -0.2) is 39.7 Å². The monoisotopic (exact) mass is 425 g/mol. The summed E-state index contributed by atoms with van der Waals surface area (Å²) in [6.07, 6.45) is 7.66. The first-order chi connectivity index (χ1) is 14.1. The number of pyridine rings is 1. The standard InChI is InChI=1S/C23H27N3OS2/c1-3-4-12-26-22(27)20(29-23(26)28)15-18-14-17-13-16(2)8-9-19(17)24-21(18)25-10-6-5-7-11-25/h8-9,13-15H,3-7,10-12H2,1-2H3/b20-15-. The second-order valence-corrected chi connectivity index (χ2v) is 9.51. The SMILES string of the molecule is CCCCN1C(=O)/C(=C/c2cc3cc(C)ccc3nc2N2CCCCC2)SC1=S. The second-order valence-electron chi connectivity index (χ2n) is 7.83. The maximum atomic E-state index is 12.9. The molecule has 152 valence electrons. The van der Waals surface area contributed by atoms with Gasteiger partial charge in [0.1, 0.15) is 10.1 Å². The van der Waals surface area contributed by atoms with Crippen LogP contribution in [0.15, 0.2) is 29.2 Å². The lowest BCUT2D eigenvalue weighted by molar-refractivity contribution is -0.122. The number of thiocarbonyl (C=S) groups is 1.